The van der Waals surface area contributed by atoms with E-state index in [2.05, 4.69) is 20.9 Å². The van der Waals surface area contributed by atoms with Crippen molar-refractivity contribution in [3.05, 3.63) is 64.1 Å². The average molecular weight is 304 g/mol. The summed E-state index contributed by atoms with van der Waals surface area (Å²) < 4.78 is 1.01. The van der Waals surface area contributed by atoms with Crippen LogP contribution in [-0.2, 0) is 0 Å². The minimum atomic E-state index is -0.925. The molecule has 0 aliphatic carbocycles. The number of carboxylic acid groups (broad SMARTS) is 1. The maximum atomic E-state index is 10.7. The van der Waals surface area contributed by atoms with Crippen LogP contribution < -0.4 is 0 Å². The Balaban J connectivity index is 2.13. The van der Waals surface area contributed by atoms with Crippen LogP contribution in [0.5, 0.6) is 0 Å². The van der Waals surface area contributed by atoms with Gasteiger partial charge in [-0.25, -0.2) is 4.79 Å². The summed E-state index contributed by atoms with van der Waals surface area (Å²) in [7, 11) is 0. The van der Waals surface area contributed by atoms with Gasteiger partial charge >= 0.3 is 5.97 Å². The third-order valence-electron chi connectivity index (χ3n) is 2.35. The molecule has 2 rings (SSSR count). The fourth-order valence-corrected chi connectivity index (χ4v) is 1.65. The van der Waals surface area contributed by atoms with Crippen LogP contribution in [0.1, 0.15) is 15.9 Å². The fraction of sp³-hybridized carbons (Fsp3) is 0. The van der Waals surface area contributed by atoms with Crippen molar-refractivity contribution < 1.29 is 9.90 Å². The van der Waals surface area contributed by atoms with Crippen molar-refractivity contribution in [3.8, 4) is 0 Å². The first-order valence-electron chi connectivity index (χ1n) is 5.28. The molecule has 0 saturated carbocycles. The summed E-state index contributed by atoms with van der Waals surface area (Å²) in [5, 5.41) is 8.77. The fourth-order valence-electron chi connectivity index (χ4n) is 1.39. The van der Waals surface area contributed by atoms with Crippen LogP contribution in [0, 0.1) is 0 Å². The molecule has 0 aliphatic heterocycles. The second kappa shape index (κ2) is 5.60. The normalized spacial score (nSPS) is 10.7. The zero-order chi connectivity index (χ0) is 13.0. The number of hydrogen-bond acceptors (Lipinski definition) is 2. The maximum Gasteiger partial charge on any atom is 0.335 e. The lowest BCUT2D eigenvalue weighted by Gasteiger charge is -1.96. The Labute approximate surface area is 113 Å². The second-order valence-corrected chi connectivity index (χ2v) is 4.58. The largest absolute Gasteiger partial charge is 0.478 e. The van der Waals surface area contributed by atoms with Crippen molar-refractivity contribution in [2.24, 2.45) is 4.99 Å². The predicted octanol–water partition coefficient (Wildman–Crippen LogP) is 3.90. The average Bonchev–Trinajstić information content (AvgIpc) is 2.38. The van der Waals surface area contributed by atoms with Gasteiger partial charge in [0.05, 0.1) is 11.3 Å². The van der Waals surface area contributed by atoms with E-state index >= 15 is 0 Å². The first-order chi connectivity index (χ1) is 8.65. The van der Waals surface area contributed by atoms with Crippen molar-refractivity contribution in [3.63, 3.8) is 0 Å². The van der Waals surface area contributed by atoms with E-state index in [1.807, 2.05) is 24.3 Å². The predicted molar refractivity (Wildman–Crippen MR) is 74.8 cm³/mol. The van der Waals surface area contributed by atoms with Crippen molar-refractivity contribution >= 4 is 33.8 Å². The van der Waals surface area contributed by atoms with Gasteiger partial charge in [0, 0.05) is 10.7 Å². The first-order valence-corrected chi connectivity index (χ1v) is 6.07. The van der Waals surface area contributed by atoms with E-state index in [9.17, 15) is 4.79 Å². The zero-order valence-electron chi connectivity index (χ0n) is 9.38. The molecule has 0 amide bonds. The Hall–Kier alpha value is -1.94. The molecule has 3 nitrogen and oxygen atoms in total. The van der Waals surface area contributed by atoms with Crippen molar-refractivity contribution in [2.45, 2.75) is 0 Å². The summed E-state index contributed by atoms with van der Waals surface area (Å²) in [5.41, 5.74) is 1.99. The molecule has 0 aliphatic rings. The lowest BCUT2D eigenvalue weighted by Crippen LogP contribution is -1.95. The Bertz CT molecular complexity index is 574. The van der Waals surface area contributed by atoms with Gasteiger partial charge in [-0.1, -0.05) is 28.1 Å². The number of rotatable bonds is 3. The van der Waals surface area contributed by atoms with Gasteiger partial charge in [0.25, 0.3) is 0 Å². The highest BCUT2D eigenvalue weighted by molar-refractivity contribution is 9.10. The third-order valence-corrected chi connectivity index (χ3v) is 2.88. The Morgan fingerprint density at radius 1 is 1.06 bits per heavy atom. The molecule has 0 aromatic heterocycles. The van der Waals surface area contributed by atoms with Crippen LogP contribution in [0.4, 0.5) is 5.69 Å². The van der Waals surface area contributed by atoms with Crippen LogP contribution in [0.2, 0.25) is 0 Å². The van der Waals surface area contributed by atoms with Gasteiger partial charge < -0.3 is 5.11 Å². The molecule has 0 heterocycles. The second-order valence-electron chi connectivity index (χ2n) is 3.66. The number of aromatic carboxylic acids is 1. The van der Waals surface area contributed by atoms with E-state index in [4.69, 9.17) is 5.11 Å². The molecular weight excluding hydrogens is 294 g/mol. The summed E-state index contributed by atoms with van der Waals surface area (Å²) >= 11 is 3.36. The van der Waals surface area contributed by atoms with Crippen LogP contribution in [-0.4, -0.2) is 17.3 Å². The van der Waals surface area contributed by atoms with Crippen LogP contribution in [0.15, 0.2) is 58.0 Å². The van der Waals surface area contributed by atoms with Gasteiger partial charge in [0.1, 0.15) is 0 Å². The van der Waals surface area contributed by atoms with Gasteiger partial charge in [-0.15, -0.1) is 0 Å². The number of halogens is 1. The topological polar surface area (TPSA) is 49.7 Å². The molecule has 2 aromatic carbocycles. The highest BCUT2D eigenvalue weighted by Gasteiger charge is 2.00. The van der Waals surface area contributed by atoms with Gasteiger partial charge in [0.15, 0.2) is 0 Å². The number of carboxylic acids is 1. The molecule has 1 N–H and O–H groups in total. The molecular formula is C14H10BrNO2. The standard InChI is InChI=1S/C14H10BrNO2/c15-12-5-7-13(8-6-12)16-9-10-1-3-11(4-2-10)14(17)18/h1-9H,(H,17,18). The van der Waals surface area contributed by atoms with Crippen molar-refractivity contribution in [1.29, 1.82) is 0 Å². The summed E-state index contributed by atoms with van der Waals surface area (Å²) in [6.45, 7) is 0. The number of aliphatic imine (C=N–C) groups is 1. The van der Waals surface area contributed by atoms with Gasteiger partial charge in [-0.05, 0) is 42.0 Å². The quantitative estimate of drug-likeness (QED) is 0.874. The highest BCUT2D eigenvalue weighted by atomic mass is 79.9. The smallest absolute Gasteiger partial charge is 0.335 e. The maximum absolute atomic E-state index is 10.7. The first kappa shape index (κ1) is 12.5. The van der Waals surface area contributed by atoms with E-state index in [-0.39, 0.29) is 5.56 Å². The number of benzene rings is 2. The third kappa shape index (κ3) is 3.28. The van der Waals surface area contributed by atoms with Crippen LogP contribution >= 0.6 is 15.9 Å². The highest BCUT2D eigenvalue weighted by Crippen LogP contribution is 2.16. The van der Waals surface area contributed by atoms with E-state index in [1.54, 1.807) is 30.5 Å². The van der Waals surface area contributed by atoms with E-state index in [1.165, 1.54) is 0 Å². The summed E-state index contributed by atoms with van der Waals surface area (Å²) in [4.78, 5) is 15.0. The monoisotopic (exact) mass is 303 g/mol. The molecule has 0 atom stereocenters. The Morgan fingerprint density at radius 3 is 2.22 bits per heavy atom. The summed E-state index contributed by atoms with van der Waals surface area (Å²) in [6.07, 6.45) is 1.70. The summed E-state index contributed by atoms with van der Waals surface area (Å²) in [5.74, 6) is -0.925. The van der Waals surface area contributed by atoms with Crippen LogP contribution in [0.3, 0.4) is 0 Å². The van der Waals surface area contributed by atoms with Gasteiger partial charge in [-0.3, -0.25) is 4.99 Å². The molecule has 0 saturated heterocycles. The van der Waals surface area contributed by atoms with Crippen molar-refractivity contribution in [1.82, 2.24) is 0 Å². The molecule has 0 radical (unpaired) electrons. The molecule has 0 unspecified atom stereocenters. The summed E-state index contributed by atoms with van der Waals surface area (Å²) in [6, 6.07) is 14.2. The molecule has 4 heteroatoms. The molecule has 90 valence electrons. The minimum Gasteiger partial charge on any atom is -0.478 e. The van der Waals surface area contributed by atoms with Crippen molar-refractivity contribution in [2.75, 3.05) is 0 Å². The Kier molecular flexibility index (Phi) is 3.89. The number of hydrogen-bond donors (Lipinski definition) is 1. The Morgan fingerprint density at radius 2 is 1.67 bits per heavy atom. The lowest BCUT2D eigenvalue weighted by atomic mass is 10.1. The molecule has 18 heavy (non-hydrogen) atoms. The zero-order valence-corrected chi connectivity index (χ0v) is 11.0. The molecule has 2 aromatic rings. The molecule has 0 spiro atoms. The van der Waals surface area contributed by atoms with Gasteiger partial charge in [-0.2, -0.15) is 0 Å². The SMILES string of the molecule is O=C(O)c1ccc(C=Nc2ccc(Br)cc2)cc1. The molecule has 0 bridgehead atoms. The minimum absolute atomic E-state index is 0.274. The molecule has 0 fully saturated rings. The van der Waals surface area contributed by atoms with E-state index in [0.29, 0.717) is 0 Å². The lowest BCUT2D eigenvalue weighted by molar-refractivity contribution is 0.0697. The number of nitrogens with zero attached hydrogens (tertiary/aromatic N) is 1. The van der Waals surface area contributed by atoms with Gasteiger partial charge in [0.2, 0.25) is 0 Å². The van der Waals surface area contributed by atoms with E-state index in [0.717, 1.165) is 15.7 Å². The number of carbonyl (C=O) groups is 1. The van der Waals surface area contributed by atoms with E-state index < -0.39 is 5.97 Å². The van der Waals surface area contributed by atoms with Crippen LogP contribution in [0.25, 0.3) is 0 Å².